The average Bonchev–Trinajstić information content (AvgIpc) is 2.74. The van der Waals surface area contributed by atoms with Crippen LogP contribution in [0.25, 0.3) is 0 Å². The maximum Gasteiger partial charge on any atom is 0.104 e. The molecule has 1 aromatic carbocycles. The molecule has 174 valence electrons. The van der Waals surface area contributed by atoms with Gasteiger partial charge in [-0.25, -0.2) is 0 Å². The van der Waals surface area contributed by atoms with Crippen LogP contribution in [0.1, 0.15) is 122 Å². The maximum atomic E-state index is 5.90. The van der Waals surface area contributed by atoms with Crippen molar-refractivity contribution in [2.24, 2.45) is 0 Å². The molecule has 0 saturated heterocycles. The fourth-order valence-electron chi connectivity index (χ4n) is 4.59. The van der Waals surface area contributed by atoms with Gasteiger partial charge in [-0.15, -0.1) is 0 Å². The molecule has 2 N–H and O–H groups in total. The lowest BCUT2D eigenvalue weighted by molar-refractivity contribution is -0.923. The lowest BCUT2D eigenvalue weighted by atomic mass is 10.1. The standard InChI is InChI=1S/C28H53N2/c1-4-6-8-10-12-14-16-18-24-30(3,26-27-20-22-28(29)23-21-27)25-19-17-15-13-11-9-7-5-2/h20-23H,4-19,24-26,29H2,1-3H3/q+1. The number of nitrogen functional groups attached to an aromatic ring is 1. The van der Waals surface area contributed by atoms with Gasteiger partial charge in [0.15, 0.2) is 0 Å². The predicted octanol–water partition coefficient (Wildman–Crippen LogP) is 8.50. The second-order valence-electron chi connectivity index (χ2n) is 9.92. The second kappa shape index (κ2) is 17.6. The molecular weight excluding hydrogens is 364 g/mol. The molecule has 2 nitrogen and oxygen atoms in total. The van der Waals surface area contributed by atoms with Crippen molar-refractivity contribution in [2.45, 2.75) is 123 Å². The van der Waals surface area contributed by atoms with Crippen LogP contribution in [0.4, 0.5) is 5.69 Å². The normalized spacial score (nSPS) is 11.8. The highest BCUT2D eigenvalue weighted by Crippen LogP contribution is 2.19. The summed E-state index contributed by atoms with van der Waals surface area (Å²) < 4.78 is 1.19. The number of quaternary nitrogens is 1. The molecule has 0 aliphatic rings. The van der Waals surface area contributed by atoms with Gasteiger partial charge in [0, 0.05) is 11.3 Å². The Morgan fingerprint density at radius 1 is 0.567 bits per heavy atom. The van der Waals surface area contributed by atoms with E-state index >= 15 is 0 Å². The van der Waals surface area contributed by atoms with Crippen molar-refractivity contribution in [3.8, 4) is 0 Å². The molecule has 0 atom stereocenters. The van der Waals surface area contributed by atoms with E-state index in [9.17, 15) is 0 Å². The van der Waals surface area contributed by atoms with Crippen LogP contribution in [0.15, 0.2) is 24.3 Å². The molecule has 1 rings (SSSR count). The number of nitrogens with zero attached hydrogens (tertiary/aromatic N) is 1. The molecule has 0 aromatic heterocycles. The summed E-state index contributed by atoms with van der Waals surface area (Å²) in [6, 6.07) is 8.58. The van der Waals surface area contributed by atoms with E-state index in [2.05, 4.69) is 45.2 Å². The van der Waals surface area contributed by atoms with E-state index in [0.29, 0.717) is 0 Å². The molecule has 0 heterocycles. The van der Waals surface area contributed by atoms with E-state index < -0.39 is 0 Å². The van der Waals surface area contributed by atoms with E-state index in [1.807, 2.05) is 0 Å². The summed E-state index contributed by atoms with van der Waals surface area (Å²) in [7, 11) is 2.48. The highest BCUT2D eigenvalue weighted by Gasteiger charge is 2.21. The van der Waals surface area contributed by atoms with Crippen LogP contribution in [0, 0.1) is 0 Å². The molecule has 0 aliphatic heterocycles. The molecule has 0 saturated carbocycles. The Labute approximate surface area is 189 Å². The van der Waals surface area contributed by atoms with Crippen molar-refractivity contribution in [2.75, 3.05) is 25.9 Å². The summed E-state index contributed by atoms with van der Waals surface area (Å²) in [5.41, 5.74) is 8.21. The fraction of sp³-hybridized carbons (Fsp3) is 0.786. The van der Waals surface area contributed by atoms with E-state index in [4.69, 9.17) is 5.73 Å². The van der Waals surface area contributed by atoms with Gasteiger partial charge in [0.2, 0.25) is 0 Å². The molecule has 0 radical (unpaired) electrons. The lowest BCUT2D eigenvalue weighted by Gasteiger charge is -2.35. The number of unbranched alkanes of at least 4 members (excludes halogenated alkanes) is 14. The number of hydrogen-bond donors (Lipinski definition) is 1. The van der Waals surface area contributed by atoms with Gasteiger partial charge in [-0.1, -0.05) is 103 Å². The Kier molecular flexibility index (Phi) is 15.9. The van der Waals surface area contributed by atoms with Crippen molar-refractivity contribution >= 4 is 5.69 Å². The van der Waals surface area contributed by atoms with E-state index in [1.54, 1.807) is 0 Å². The fourth-order valence-corrected chi connectivity index (χ4v) is 4.59. The summed E-state index contributed by atoms with van der Waals surface area (Å²) in [5.74, 6) is 0. The highest BCUT2D eigenvalue weighted by molar-refractivity contribution is 5.39. The molecule has 0 amide bonds. The molecule has 0 bridgehead atoms. The summed E-state index contributed by atoms with van der Waals surface area (Å²) in [5, 5.41) is 0. The first-order valence-corrected chi connectivity index (χ1v) is 13.3. The van der Waals surface area contributed by atoms with Crippen molar-refractivity contribution in [1.29, 1.82) is 0 Å². The Morgan fingerprint density at radius 3 is 1.33 bits per heavy atom. The van der Waals surface area contributed by atoms with Crippen molar-refractivity contribution in [1.82, 2.24) is 0 Å². The van der Waals surface area contributed by atoms with Crippen LogP contribution in [-0.2, 0) is 6.54 Å². The minimum absolute atomic E-state index is 0.874. The van der Waals surface area contributed by atoms with Crippen LogP contribution in [-0.4, -0.2) is 24.6 Å². The third-order valence-electron chi connectivity index (χ3n) is 6.65. The van der Waals surface area contributed by atoms with E-state index in [1.165, 1.54) is 126 Å². The third kappa shape index (κ3) is 14.1. The smallest absolute Gasteiger partial charge is 0.104 e. The predicted molar refractivity (Wildman–Crippen MR) is 136 cm³/mol. The minimum atomic E-state index is 0.874. The molecule has 0 fully saturated rings. The van der Waals surface area contributed by atoms with Gasteiger partial charge in [-0.2, -0.15) is 0 Å². The van der Waals surface area contributed by atoms with Gasteiger partial charge < -0.3 is 10.2 Å². The molecule has 0 unspecified atom stereocenters. The van der Waals surface area contributed by atoms with Crippen molar-refractivity contribution in [3.05, 3.63) is 29.8 Å². The van der Waals surface area contributed by atoms with Crippen LogP contribution >= 0.6 is 0 Å². The monoisotopic (exact) mass is 417 g/mol. The SMILES string of the molecule is CCCCCCCCCC[N+](C)(CCCCCCCCCC)Cc1ccc(N)cc1. The maximum absolute atomic E-state index is 5.90. The zero-order valence-electron chi connectivity index (χ0n) is 20.8. The number of nitrogens with two attached hydrogens (primary N) is 1. The van der Waals surface area contributed by atoms with Crippen molar-refractivity contribution < 1.29 is 4.48 Å². The molecule has 2 heteroatoms. The van der Waals surface area contributed by atoms with E-state index in [0.717, 1.165) is 12.2 Å². The van der Waals surface area contributed by atoms with E-state index in [-0.39, 0.29) is 0 Å². The first kappa shape index (κ1) is 27.0. The zero-order valence-corrected chi connectivity index (χ0v) is 20.8. The van der Waals surface area contributed by atoms with Gasteiger partial charge in [-0.3, -0.25) is 0 Å². The summed E-state index contributed by atoms with van der Waals surface area (Å²) >= 11 is 0. The average molecular weight is 418 g/mol. The van der Waals surface area contributed by atoms with Gasteiger partial charge >= 0.3 is 0 Å². The largest absolute Gasteiger partial charge is 0.399 e. The second-order valence-corrected chi connectivity index (χ2v) is 9.92. The first-order valence-electron chi connectivity index (χ1n) is 13.3. The Balaban J connectivity index is 2.36. The molecule has 30 heavy (non-hydrogen) atoms. The van der Waals surface area contributed by atoms with Crippen LogP contribution in [0.5, 0.6) is 0 Å². The minimum Gasteiger partial charge on any atom is -0.399 e. The Hall–Kier alpha value is -1.02. The van der Waals surface area contributed by atoms with Crippen LogP contribution < -0.4 is 5.73 Å². The van der Waals surface area contributed by atoms with Gasteiger partial charge in [0.1, 0.15) is 6.54 Å². The number of benzene rings is 1. The molecule has 0 aliphatic carbocycles. The summed E-state index contributed by atoms with van der Waals surface area (Å²) in [4.78, 5) is 0. The highest BCUT2D eigenvalue weighted by atomic mass is 15.3. The topological polar surface area (TPSA) is 26.0 Å². The lowest BCUT2D eigenvalue weighted by Crippen LogP contribution is -2.44. The zero-order chi connectivity index (χ0) is 21.9. The number of hydrogen-bond acceptors (Lipinski definition) is 1. The number of rotatable bonds is 20. The molecular formula is C28H53N2+. The molecule has 0 spiro atoms. The summed E-state index contributed by atoms with van der Waals surface area (Å²) in [6.45, 7) is 8.37. The number of anilines is 1. The van der Waals surface area contributed by atoms with Crippen molar-refractivity contribution in [3.63, 3.8) is 0 Å². The quantitative estimate of drug-likeness (QED) is 0.128. The Bertz CT molecular complexity index is 474. The van der Waals surface area contributed by atoms with Crippen LogP contribution in [0.3, 0.4) is 0 Å². The van der Waals surface area contributed by atoms with Gasteiger partial charge in [0.05, 0.1) is 20.1 Å². The first-order chi connectivity index (χ1) is 14.6. The third-order valence-corrected chi connectivity index (χ3v) is 6.65. The van der Waals surface area contributed by atoms with Gasteiger partial charge in [0.25, 0.3) is 0 Å². The summed E-state index contributed by atoms with van der Waals surface area (Å²) in [6.07, 6.45) is 22.5. The van der Waals surface area contributed by atoms with Crippen LogP contribution in [0.2, 0.25) is 0 Å². The molecule has 1 aromatic rings. The van der Waals surface area contributed by atoms with Gasteiger partial charge in [-0.05, 0) is 37.8 Å². The Morgan fingerprint density at radius 2 is 0.933 bits per heavy atom.